The molecule has 5 nitrogen and oxygen atoms in total. The van der Waals surface area contributed by atoms with Crippen LogP contribution in [0.25, 0.3) is 0 Å². The highest BCUT2D eigenvalue weighted by Gasteiger charge is 2.40. The zero-order valence-electron chi connectivity index (χ0n) is 14.4. The average molecular weight is 333 g/mol. The molecule has 0 radical (unpaired) electrons. The second kappa shape index (κ2) is 5.84. The second-order valence-electron chi connectivity index (χ2n) is 6.43. The molecule has 2 aromatic rings. The molecule has 2 aliphatic heterocycles. The lowest BCUT2D eigenvalue weighted by Gasteiger charge is -2.38. The summed E-state index contributed by atoms with van der Waals surface area (Å²) in [7, 11) is 1.77. The lowest BCUT2D eigenvalue weighted by molar-refractivity contribution is 0.127. The average Bonchev–Trinajstić information content (AvgIpc) is 2.72. The van der Waals surface area contributed by atoms with E-state index in [1.165, 1.54) is 0 Å². The van der Waals surface area contributed by atoms with Crippen LogP contribution in [0, 0.1) is 5.92 Å². The van der Waals surface area contributed by atoms with Crippen molar-refractivity contribution in [1.29, 1.82) is 0 Å². The van der Waals surface area contributed by atoms with E-state index in [1.807, 2.05) is 62.4 Å². The van der Waals surface area contributed by atoms with Crippen molar-refractivity contribution in [1.82, 2.24) is 4.90 Å². The normalized spacial score (nSPS) is 20.0. The van der Waals surface area contributed by atoms with E-state index < -0.39 is 0 Å². The number of carbonyl (C=O) groups excluding carboxylic acids is 1. The SMILES string of the molecule is CC1=Nc2ccccc2N=C(C)C1C1c2ccccc2OC(=O)N1C. The van der Waals surface area contributed by atoms with Gasteiger partial charge in [-0.1, -0.05) is 30.3 Å². The molecule has 0 fully saturated rings. The number of ether oxygens (including phenoxy) is 1. The topological polar surface area (TPSA) is 54.3 Å². The Hall–Kier alpha value is -2.95. The summed E-state index contributed by atoms with van der Waals surface area (Å²) in [5, 5.41) is 0. The lowest BCUT2D eigenvalue weighted by Crippen LogP contribution is -2.44. The van der Waals surface area contributed by atoms with Crippen LogP contribution in [-0.2, 0) is 0 Å². The van der Waals surface area contributed by atoms with E-state index in [4.69, 9.17) is 14.7 Å². The molecule has 1 amide bonds. The Kier molecular flexibility index (Phi) is 3.64. The molecule has 0 saturated heterocycles. The van der Waals surface area contributed by atoms with Crippen molar-refractivity contribution < 1.29 is 9.53 Å². The van der Waals surface area contributed by atoms with Crippen LogP contribution < -0.4 is 4.74 Å². The van der Waals surface area contributed by atoms with Gasteiger partial charge in [0.25, 0.3) is 0 Å². The first-order valence-corrected chi connectivity index (χ1v) is 8.29. The summed E-state index contributed by atoms with van der Waals surface area (Å²) in [6.45, 7) is 4.00. The summed E-state index contributed by atoms with van der Waals surface area (Å²) in [6.07, 6.45) is -0.355. The van der Waals surface area contributed by atoms with Crippen LogP contribution in [-0.4, -0.2) is 29.5 Å². The molecule has 2 heterocycles. The zero-order chi connectivity index (χ0) is 17.6. The summed E-state index contributed by atoms with van der Waals surface area (Å²) in [5.74, 6) is 0.504. The predicted octanol–water partition coefficient (Wildman–Crippen LogP) is 4.69. The maximum Gasteiger partial charge on any atom is 0.415 e. The number of fused-ring (bicyclic) bond motifs is 2. The van der Waals surface area contributed by atoms with Gasteiger partial charge < -0.3 is 9.64 Å². The number of para-hydroxylation sites is 3. The summed E-state index contributed by atoms with van der Waals surface area (Å²) >= 11 is 0. The first kappa shape index (κ1) is 15.6. The number of amides is 1. The molecule has 126 valence electrons. The van der Waals surface area contributed by atoms with Crippen LogP contribution in [0.3, 0.4) is 0 Å². The van der Waals surface area contributed by atoms with E-state index in [0.717, 1.165) is 28.4 Å². The van der Waals surface area contributed by atoms with Crippen molar-refractivity contribution >= 4 is 28.9 Å². The Morgan fingerprint density at radius 2 is 1.48 bits per heavy atom. The Morgan fingerprint density at radius 3 is 2.12 bits per heavy atom. The molecule has 5 heteroatoms. The fourth-order valence-corrected chi connectivity index (χ4v) is 3.64. The minimum atomic E-state index is -0.355. The highest BCUT2D eigenvalue weighted by molar-refractivity contribution is 6.10. The van der Waals surface area contributed by atoms with Crippen molar-refractivity contribution in [3.63, 3.8) is 0 Å². The van der Waals surface area contributed by atoms with Crippen molar-refractivity contribution in [2.75, 3.05) is 7.05 Å². The van der Waals surface area contributed by atoms with Crippen LogP contribution in [0.5, 0.6) is 5.75 Å². The molecule has 1 atom stereocenters. The molecular weight excluding hydrogens is 314 g/mol. The molecule has 4 rings (SSSR count). The number of nitrogens with zero attached hydrogens (tertiary/aromatic N) is 3. The third kappa shape index (κ3) is 2.52. The third-order valence-corrected chi connectivity index (χ3v) is 4.83. The summed E-state index contributed by atoms with van der Waals surface area (Å²) < 4.78 is 5.44. The highest BCUT2D eigenvalue weighted by atomic mass is 16.6. The zero-order valence-corrected chi connectivity index (χ0v) is 14.4. The number of rotatable bonds is 1. The molecule has 2 aromatic carbocycles. The minimum Gasteiger partial charge on any atom is -0.410 e. The Balaban J connectivity index is 1.88. The number of hydrogen-bond acceptors (Lipinski definition) is 4. The van der Waals surface area contributed by atoms with Crippen LogP contribution in [0.15, 0.2) is 58.5 Å². The van der Waals surface area contributed by atoms with E-state index in [1.54, 1.807) is 11.9 Å². The highest BCUT2D eigenvalue weighted by Crippen LogP contribution is 2.42. The van der Waals surface area contributed by atoms with E-state index in [9.17, 15) is 4.79 Å². The quantitative estimate of drug-likeness (QED) is 0.760. The lowest BCUT2D eigenvalue weighted by atomic mass is 9.84. The van der Waals surface area contributed by atoms with Gasteiger partial charge in [0.05, 0.1) is 23.3 Å². The number of benzene rings is 2. The summed E-state index contributed by atoms with van der Waals surface area (Å²) in [5.41, 5.74) is 4.57. The molecule has 0 spiro atoms. The largest absolute Gasteiger partial charge is 0.415 e. The van der Waals surface area contributed by atoms with E-state index in [2.05, 4.69) is 0 Å². The Bertz CT molecular complexity index is 878. The van der Waals surface area contributed by atoms with Crippen LogP contribution >= 0.6 is 0 Å². The summed E-state index contributed by atoms with van der Waals surface area (Å²) in [6, 6.07) is 15.3. The summed E-state index contributed by atoms with van der Waals surface area (Å²) in [4.78, 5) is 23.6. The number of aliphatic imine (C=N–C) groups is 2. The van der Waals surface area contributed by atoms with E-state index in [0.29, 0.717) is 5.75 Å². The van der Waals surface area contributed by atoms with Crippen molar-refractivity contribution in [2.24, 2.45) is 15.9 Å². The number of carbonyl (C=O) groups is 1. The van der Waals surface area contributed by atoms with Gasteiger partial charge in [0.2, 0.25) is 0 Å². The fourth-order valence-electron chi connectivity index (χ4n) is 3.64. The Labute approximate surface area is 146 Å². The first-order chi connectivity index (χ1) is 12.1. The van der Waals surface area contributed by atoms with Gasteiger partial charge in [-0.05, 0) is 32.0 Å². The van der Waals surface area contributed by atoms with Gasteiger partial charge in [0.1, 0.15) is 5.75 Å². The van der Waals surface area contributed by atoms with Gasteiger partial charge in [-0.2, -0.15) is 0 Å². The molecule has 0 N–H and O–H groups in total. The van der Waals surface area contributed by atoms with E-state index in [-0.39, 0.29) is 18.1 Å². The standard InChI is InChI=1S/C20H19N3O2/c1-12-18(13(2)22-16-10-6-5-9-15(16)21-12)19-14-8-4-7-11-17(14)25-20(24)23(19)3/h4-11,18-19H,1-3H3. The molecular formula is C20H19N3O2. The van der Waals surface area contributed by atoms with Crippen molar-refractivity contribution in [2.45, 2.75) is 19.9 Å². The molecule has 0 aromatic heterocycles. The first-order valence-electron chi connectivity index (χ1n) is 8.29. The Morgan fingerprint density at radius 1 is 0.920 bits per heavy atom. The number of hydrogen-bond donors (Lipinski definition) is 0. The van der Waals surface area contributed by atoms with Crippen LogP contribution in [0.2, 0.25) is 0 Å². The van der Waals surface area contributed by atoms with Gasteiger partial charge in [0, 0.05) is 24.0 Å². The molecule has 0 bridgehead atoms. The second-order valence-corrected chi connectivity index (χ2v) is 6.43. The van der Waals surface area contributed by atoms with Gasteiger partial charge in [0.15, 0.2) is 0 Å². The van der Waals surface area contributed by atoms with Gasteiger partial charge in [-0.15, -0.1) is 0 Å². The molecule has 25 heavy (non-hydrogen) atoms. The van der Waals surface area contributed by atoms with Gasteiger partial charge in [-0.25, -0.2) is 4.79 Å². The van der Waals surface area contributed by atoms with Crippen molar-refractivity contribution in [3.8, 4) is 5.75 Å². The molecule has 1 unspecified atom stereocenters. The minimum absolute atomic E-state index is 0.105. The smallest absolute Gasteiger partial charge is 0.410 e. The van der Waals surface area contributed by atoms with Crippen molar-refractivity contribution in [3.05, 3.63) is 54.1 Å². The molecule has 2 aliphatic rings. The van der Waals surface area contributed by atoms with E-state index >= 15 is 0 Å². The monoisotopic (exact) mass is 333 g/mol. The van der Waals surface area contributed by atoms with Gasteiger partial charge >= 0.3 is 6.09 Å². The molecule has 0 aliphatic carbocycles. The third-order valence-electron chi connectivity index (χ3n) is 4.83. The van der Waals surface area contributed by atoms with Crippen LogP contribution in [0.1, 0.15) is 25.5 Å². The predicted molar refractivity (Wildman–Crippen MR) is 98.4 cm³/mol. The maximum atomic E-state index is 12.4. The fraction of sp³-hybridized carbons (Fsp3) is 0.250. The molecule has 0 saturated carbocycles. The maximum absolute atomic E-state index is 12.4. The van der Waals surface area contributed by atoms with Gasteiger partial charge in [-0.3, -0.25) is 9.98 Å². The van der Waals surface area contributed by atoms with Crippen LogP contribution in [0.4, 0.5) is 16.2 Å².